The minimum atomic E-state index is 0.0322. The van der Waals surface area contributed by atoms with Crippen molar-refractivity contribution >= 4 is 11.7 Å². The normalized spacial score (nSPS) is 10.7. The third-order valence-corrected chi connectivity index (χ3v) is 2.75. The van der Waals surface area contributed by atoms with E-state index in [0.29, 0.717) is 18.9 Å². The highest BCUT2D eigenvalue weighted by Gasteiger charge is 2.09. The molecule has 1 aromatic heterocycles. The van der Waals surface area contributed by atoms with E-state index in [9.17, 15) is 4.79 Å². The Kier molecular flexibility index (Phi) is 4.34. The molecule has 0 unspecified atom stereocenters. The summed E-state index contributed by atoms with van der Waals surface area (Å²) in [6, 6.07) is 11.9. The minimum absolute atomic E-state index is 0.0322. The molecule has 0 fully saturated rings. The Hall–Kier alpha value is -2.10. The topological polar surface area (TPSA) is 46.9 Å². The van der Waals surface area contributed by atoms with Gasteiger partial charge in [0, 0.05) is 12.5 Å². The molecule has 0 aliphatic carbocycles. The number of hydrogen-bond acceptors (Lipinski definition) is 2. The molecule has 0 bridgehead atoms. The number of carbonyl (C=O) groups excluding carboxylic acids is 1. The van der Waals surface area contributed by atoms with Gasteiger partial charge in [-0.3, -0.25) is 4.79 Å². The van der Waals surface area contributed by atoms with E-state index in [2.05, 4.69) is 10.4 Å². The van der Waals surface area contributed by atoms with Gasteiger partial charge >= 0.3 is 0 Å². The number of rotatable bonds is 5. The van der Waals surface area contributed by atoms with Gasteiger partial charge in [-0.05, 0) is 11.5 Å². The third-order valence-electron chi connectivity index (χ3n) is 2.75. The molecule has 1 N–H and O–H groups in total. The molecule has 19 heavy (non-hydrogen) atoms. The predicted molar refractivity (Wildman–Crippen MR) is 75.9 cm³/mol. The highest BCUT2D eigenvalue weighted by atomic mass is 16.1. The first kappa shape index (κ1) is 13.3. The van der Waals surface area contributed by atoms with Crippen molar-refractivity contribution in [1.29, 1.82) is 0 Å². The fraction of sp³-hybridized carbons (Fsp3) is 0.333. The average molecular weight is 257 g/mol. The minimum Gasteiger partial charge on any atom is -0.311 e. The highest BCUT2D eigenvalue weighted by molar-refractivity contribution is 5.89. The van der Waals surface area contributed by atoms with Crippen LogP contribution in [-0.4, -0.2) is 15.7 Å². The van der Waals surface area contributed by atoms with E-state index in [0.717, 1.165) is 11.4 Å². The number of carbonyl (C=O) groups is 1. The molecule has 0 spiro atoms. The van der Waals surface area contributed by atoms with Crippen molar-refractivity contribution in [2.24, 2.45) is 5.92 Å². The fourth-order valence-electron chi connectivity index (χ4n) is 1.89. The van der Waals surface area contributed by atoms with E-state index in [1.165, 1.54) is 0 Å². The van der Waals surface area contributed by atoms with Gasteiger partial charge in [0.2, 0.25) is 5.91 Å². The number of amides is 1. The van der Waals surface area contributed by atoms with Crippen LogP contribution in [0.1, 0.15) is 25.8 Å². The molecule has 0 aliphatic heterocycles. The molecule has 0 atom stereocenters. The van der Waals surface area contributed by atoms with Crippen molar-refractivity contribution in [2.75, 3.05) is 5.32 Å². The van der Waals surface area contributed by atoms with Gasteiger partial charge in [0.15, 0.2) is 0 Å². The summed E-state index contributed by atoms with van der Waals surface area (Å²) in [4.78, 5) is 11.8. The lowest BCUT2D eigenvalue weighted by molar-refractivity contribution is -0.116. The SMILES string of the molecule is CC(C)CC(=O)Nc1ccnn1Cc1ccccc1. The molecule has 0 saturated heterocycles. The molecular weight excluding hydrogens is 238 g/mol. The summed E-state index contributed by atoms with van der Waals surface area (Å²) in [5.74, 6) is 1.13. The van der Waals surface area contributed by atoms with Crippen molar-refractivity contribution in [3.8, 4) is 0 Å². The summed E-state index contributed by atoms with van der Waals surface area (Å²) in [5, 5.41) is 7.15. The van der Waals surface area contributed by atoms with Crippen molar-refractivity contribution in [2.45, 2.75) is 26.8 Å². The number of aromatic nitrogens is 2. The summed E-state index contributed by atoms with van der Waals surface area (Å²) in [7, 11) is 0. The van der Waals surface area contributed by atoms with Crippen LogP contribution in [0.3, 0.4) is 0 Å². The quantitative estimate of drug-likeness (QED) is 0.895. The Balaban J connectivity index is 2.04. The van der Waals surface area contributed by atoms with Crippen molar-refractivity contribution in [3.63, 3.8) is 0 Å². The summed E-state index contributed by atoms with van der Waals surface area (Å²) < 4.78 is 1.80. The Morgan fingerprint density at radius 2 is 2.00 bits per heavy atom. The first-order chi connectivity index (χ1) is 9.15. The van der Waals surface area contributed by atoms with Gasteiger partial charge < -0.3 is 5.32 Å². The van der Waals surface area contributed by atoms with E-state index in [1.54, 1.807) is 10.9 Å². The van der Waals surface area contributed by atoms with Gasteiger partial charge in [-0.1, -0.05) is 44.2 Å². The number of hydrogen-bond donors (Lipinski definition) is 1. The molecule has 1 heterocycles. The van der Waals surface area contributed by atoms with Gasteiger partial charge in [-0.25, -0.2) is 4.68 Å². The molecule has 0 radical (unpaired) electrons. The molecule has 2 aromatic rings. The van der Waals surface area contributed by atoms with Crippen LogP contribution in [0.4, 0.5) is 5.82 Å². The van der Waals surface area contributed by atoms with Crippen LogP contribution in [0.2, 0.25) is 0 Å². The second-order valence-corrected chi connectivity index (χ2v) is 5.01. The van der Waals surface area contributed by atoms with E-state index in [4.69, 9.17) is 0 Å². The van der Waals surface area contributed by atoms with Crippen molar-refractivity contribution < 1.29 is 4.79 Å². The number of anilines is 1. The zero-order valence-electron chi connectivity index (χ0n) is 11.3. The first-order valence-electron chi connectivity index (χ1n) is 6.50. The molecule has 4 heteroatoms. The Labute approximate surface area is 113 Å². The van der Waals surface area contributed by atoms with Crippen LogP contribution in [0.5, 0.6) is 0 Å². The number of benzene rings is 1. The maximum absolute atomic E-state index is 11.8. The van der Waals surface area contributed by atoms with Crippen LogP contribution in [-0.2, 0) is 11.3 Å². The lowest BCUT2D eigenvalue weighted by atomic mass is 10.1. The largest absolute Gasteiger partial charge is 0.311 e. The first-order valence-corrected chi connectivity index (χ1v) is 6.50. The molecule has 2 rings (SSSR count). The average Bonchev–Trinajstić information content (AvgIpc) is 2.77. The monoisotopic (exact) mass is 257 g/mol. The highest BCUT2D eigenvalue weighted by Crippen LogP contribution is 2.11. The van der Waals surface area contributed by atoms with E-state index in [-0.39, 0.29) is 5.91 Å². The molecular formula is C15H19N3O. The van der Waals surface area contributed by atoms with Crippen molar-refractivity contribution in [3.05, 3.63) is 48.2 Å². The van der Waals surface area contributed by atoms with Gasteiger partial charge in [0.1, 0.15) is 5.82 Å². The molecule has 0 aliphatic rings. The summed E-state index contributed by atoms with van der Waals surface area (Å²) in [6.45, 7) is 4.72. The summed E-state index contributed by atoms with van der Waals surface area (Å²) >= 11 is 0. The maximum atomic E-state index is 11.8. The van der Waals surface area contributed by atoms with Crippen LogP contribution < -0.4 is 5.32 Å². The molecule has 100 valence electrons. The summed E-state index contributed by atoms with van der Waals surface area (Å²) in [5.41, 5.74) is 1.16. The standard InChI is InChI=1S/C15H19N3O/c1-12(2)10-15(19)17-14-8-9-16-18(14)11-13-6-4-3-5-7-13/h3-9,12H,10-11H2,1-2H3,(H,17,19). The number of nitrogens with zero attached hydrogens (tertiary/aromatic N) is 2. The lowest BCUT2D eigenvalue weighted by Gasteiger charge is -2.10. The molecule has 1 aromatic carbocycles. The number of nitrogens with one attached hydrogen (secondary N) is 1. The van der Waals surface area contributed by atoms with Gasteiger partial charge in [-0.15, -0.1) is 0 Å². The van der Waals surface area contributed by atoms with Crippen LogP contribution in [0.25, 0.3) is 0 Å². The maximum Gasteiger partial charge on any atom is 0.225 e. The van der Waals surface area contributed by atoms with Crippen molar-refractivity contribution in [1.82, 2.24) is 9.78 Å². The summed E-state index contributed by atoms with van der Waals surface area (Å²) in [6.07, 6.45) is 2.23. The molecule has 4 nitrogen and oxygen atoms in total. The van der Waals surface area contributed by atoms with Gasteiger partial charge in [0.05, 0.1) is 12.7 Å². The predicted octanol–water partition coefficient (Wildman–Crippen LogP) is 2.92. The fourth-order valence-corrected chi connectivity index (χ4v) is 1.89. The lowest BCUT2D eigenvalue weighted by Crippen LogP contribution is -2.17. The van der Waals surface area contributed by atoms with Crippen LogP contribution in [0, 0.1) is 5.92 Å². The van der Waals surface area contributed by atoms with E-state index >= 15 is 0 Å². The van der Waals surface area contributed by atoms with Gasteiger partial charge in [0.25, 0.3) is 0 Å². The zero-order valence-corrected chi connectivity index (χ0v) is 11.3. The smallest absolute Gasteiger partial charge is 0.225 e. The second kappa shape index (κ2) is 6.18. The van der Waals surface area contributed by atoms with Gasteiger partial charge in [-0.2, -0.15) is 5.10 Å². The van der Waals surface area contributed by atoms with Crippen LogP contribution in [0.15, 0.2) is 42.6 Å². The Morgan fingerprint density at radius 1 is 1.26 bits per heavy atom. The second-order valence-electron chi connectivity index (χ2n) is 5.01. The van der Waals surface area contributed by atoms with E-state index in [1.807, 2.05) is 50.2 Å². The Morgan fingerprint density at radius 3 is 2.68 bits per heavy atom. The zero-order chi connectivity index (χ0) is 13.7. The van der Waals surface area contributed by atoms with E-state index < -0.39 is 0 Å². The van der Waals surface area contributed by atoms with Crippen LogP contribution >= 0.6 is 0 Å². The molecule has 1 amide bonds. The molecule has 0 saturated carbocycles. The third kappa shape index (κ3) is 3.95. The Bertz CT molecular complexity index is 531.